The third-order valence-electron chi connectivity index (χ3n) is 4.62. The lowest BCUT2D eigenvalue weighted by atomic mass is 10.1. The van der Waals surface area contributed by atoms with Crippen molar-refractivity contribution in [1.82, 2.24) is 5.32 Å². The summed E-state index contributed by atoms with van der Waals surface area (Å²) in [5.41, 5.74) is 1.75. The fraction of sp³-hybridized carbons (Fsp3) is 0.273. The summed E-state index contributed by atoms with van der Waals surface area (Å²) in [5, 5.41) is 2.75. The molecular weight excluding hydrogens is 372 g/mol. The van der Waals surface area contributed by atoms with E-state index in [9.17, 15) is 19.2 Å². The van der Waals surface area contributed by atoms with Gasteiger partial charge in [0.1, 0.15) is 0 Å². The molecule has 1 fully saturated rings. The Hall–Kier alpha value is -3.48. The van der Waals surface area contributed by atoms with E-state index >= 15 is 0 Å². The van der Waals surface area contributed by atoms with Gasteiger partial charge in [0.25, 0.3) is 5.91 Å². The van der Waals surface area contributed by atoms with E-state index in [0.29, 0.717) is 18.7 Å². The van der Waals surface area contributed by atoms with Gasteiger partial charge in [0.2, 0.25) is 11.8 Å². The molecule has 29 heavy (non-hydrogen) atoms. The molecule has 2 aromatic carbocycles. The van der Waals surface area contributed by atoms with Crippen molar-refractivity contribution < 1.29 is 23.9 Å². The summed E-state index contributed by atoms with van der Waals surface area (Å²) in [6.07, 6.45) is 0.126. The van der Waals surface area contributed by atoms with Gasteiger partial charge in [-0.2, -0.15) is 0 Å². The number of nitrogens with one attached hydrogen (secondary N) is 1. The first kappa shape index (κ1) is 20.3. The molecule has 3 amide bonds. The van der Waals surface area contributed by atoms with E-state index in [4.69, 9.17) is 4.74 Å². The highest BCUT2D eigenvalue weighted by Gasteiger charge is 2.30. The molecule has 1 atom stereocenters. The SMILES string of the molecule is CC(OC(=O)c1ccc(N2C(=O)CCC2=O)cc1)C(=O)NCCc1ccccc1. The van der Waals surface area contributed by atoms with Crippen LogP contribution in [0.25, 0.3) is 0 Å². The molecule has 1 aliphatic heterocycles. The van der Waals surface area contributed by atoms with Crippen LogP contribution in [0, 0.1) is 0 Å². The third-order valence-corrected chi connectivity index (χ3v) is 4.62. The molecule has 2 aromatic rings. The highest BCUT2D eigenvalue weighted by Crippen LogP contribution is 2.23. The van der Waals surface area contributed by atoms with Crippen LogP contribution in [0.1, 0.15) is 35.7 Å². The molecule has 7 heteroatoms. The van der Waals surface area contributed by atoms with Crippen LogP contribution in [0.2, 0.25) is 0 Å². The number of carbonyl (C=O) groups is 4. The molecule has 0 saturated carbocycles. The predicted octanol–water partition coefficient (Wildman–Crippen LogP) is 2.24. The first-order valence-corrected chi connectivity index (χ1v) is 9.44. The fourth-order valence-corrected chi connectivity index (χ4v) is 3.01. The van der Waals surface area contributed by atoms with Crippen molar-refractivity contribution in [2.45, 2.75) is 32.3 Å². The summed E-state index contributed by atoms with van der Waals surface area (Å²) >= 11 is 0. The van der Waals surface area contributed by atoms with Crippen molar-refractivity contribution in [3.05, 3.63) is 65.7 Å². The number of rotatable bonds is 7. The standard InChI is InChI=1S/C22H22N2O5/c1-15(21(27)23-14-13-16-5-3-2-4-6-16)29-22(28)17-7-9-18(10-8-17)24-19(25)11-12-20(24)26/h2-10,15H,11-14H2,1H3,(H,23,27). The quantitative estimate of drug-likeness (QED) is 0.574. The van der Waals surface area contributed by atoms with Crippen LogP contribution in [0.3, 0.4) is 0 Å². The Kier molecular flexibility index (Phi) is 6.39. The van der Waals surface area contributed by atoms with E-state index in [2.05, 4.69) is 5.32 Å². The topological polar surface area (TPSA) is 92.8 Å². The van der Waals surface area contributed by atoms with Crippen molar-refractivity contribution >= 4 is 29.4 Å². The Balaban J connectivity index is 1.50. The molecule has 0 aromatic heterocycles. The average molecular weight is 394 g/mol. The lowest BCUT2D eigenvalue weighted by molar-refractivity contribution is -0.129. The molecule has 0 radical (unpaired) electrons. The van der Waals surface area contributed by atoms with Gasteiger partial charge in [0, 0.05) is 19.4 Å². The number of hydrogen-bond acceptors (Lipinski definition) is 5. The molecule has 3 rings (SSSR count). The molecule has 0 bridgehead atoms. The number of imide groups is 1. The molecule has 1 heterocycles. The maximum absolute atomic E-state index is 12.3. The zero-order valence-electron chi connectivity index (χ0n) is 16.1. The van der Waals surface area contributed by atoms with Crippen LogP contribution < -0.4 is 10.2 Å². The minimum absolute atomic E-state index is 0.194. The minimum atomic E-state index is -0.945. The van der Waals surface area contributed by atoms with Gasteiger partial charge in [-0.15, -0.1) is 0 Å². The molecule has 7 nitrogen and oxygen atoms in total. The van der Waals surface area contributed by atoms with Gasteiger partial charge in [0.05, 0.1) is 11.3 Å². The minimum Gasteiger partial charge on any atom is -0.449 e. The third kappa shape index (κ3) is 5.07. The summed E-state index contributed by atoms with van der Waals surface area (Å²) in [4.78, 5) is 49.0. The van der Waals surface area contributed by atoms with E-state index in [1.807, 2.05) is 30.3 Å². The second kappa shape index (κ2) is 9.14. The molecule has 0 aliphatic carbocycles. The summed E-state index contributed by atoms with van der Waals surface area (Å²) in [7, 11) is 0. The lowest BCUT2D eigenvalue weighted by Crippen LogP contribution is -2.36. The first-order valence-electron chi connectivity index (χ1n) is 9.44. The number of benzene rings is 2. The van der Waals surface area contributed by atoms with E-state index in [1.165, 1.54) is 31.2 Å². The molecular formula is C22H22N2O5. The number of nitrogens with zero attached hydrogens (tertiary/aromatic N) is 1. The summed E-state index contributed by atoms with van der Waals surface area (Å²) in [5.74, 6) is -1.54. The van der Waals surface area contributed by atoms with Gasteiger partial charge < -0.3 is 10.1 Å². The lowest BCUT2D eigenvalue weighted by Gasteiger charge is -2.15. The van der Waals surface area contributed by atoms with Gasteiger partial charge in [-0.05, 0) is 43.2 Å². The Labute approximate surface area is 168 Å². The Morgan fingerprint density at radius 3 is 2.24 bits per heavy atom. The molecule has 0 spiro atoms. The van der Waals surface area contributed by atoms with Crippen molar-refractivity contribution in [2.75, 3.05) is 11.4 Å². The molecule has 1 aliphatic rings. The second-order valence-electron chi connectivity index (χ2n) is 6.74. The first-order chi connectivity index (χ1) is 14.0. The number of esters is 1. The Bertz CT molecular complexity index is 893. The zero-order valence-corrected chi connectivity index (χ0v) is 16.1. The van der Waals surface area contributed by atoms with E-state index in [1.54, 1.807) is 0 Å². The molecule has 1 saturated heterocycles. The molecule has 150 valence electrons. The number of carbonyl (C=O) groups excluding carboxylic acids is 4. The van der Waals surface area contributed by atoms with Crippen molar-refractivity contribution in [3.63, 3.8) is 0 Å². The summed E-state index contributed by atoms with van der Waals surface area (Å²) in [6, 6.07) is 15.7. The van der Waals surface area contributed by atoms with Gasteiger partial charge in [-0.25, -0.2) is 4.79 Å². The van der Waals surface area contributed by atoms with Crippen LogP contribution in [-0.2, 0) is 25.5 Å². The monoisotopic (exact) mass is 394 g/mol. The molecule has 1 unspecified atom stereocenters. The Morgan fingerprint density at radius 1 is 1.00 bits per heavy atom. The number of amides is 3. The maximum atomic E-state index is 12.3. The predicted molar refractivity (Wildman–Crippen MR) is 106 cm³/mol. The normalized spacial score (nSPS) is 14.6. The fourth-order valence-electron chi connectivity index (χ4n) is 3.01. The number of anilines is 1. The number of ether oxygens (including phenoxy) is 1. The largest absolute Gasteiger partial charge is 0.449 e. The molecule has 1 N–H and O–H groups in total. The van der Waals surface area contributed by atoms with E-state index < -0.39 is 12.1 Å². The van der Waals surface area contributed by atoms with Crippen LogP contribution in [0.5, 0.6) is 0 Å². The van der Waals surface area contributed by atoms with Crippen LogP contribution >= 0.6 is 0 Å². The summed E-state index contributed by atoms with van der Waals surface area (Å²) < 4.78 is 5.21. The van der Waals surface area contributed by atoms with E-state index in [-0.39, 0.29) is 36.1 Å². The highest BCUT2D eigenvalue weighted by molar-refractivity contribution is 6.19. The van der Waals surface area contributed by atoms with E-state index in [0.717, 1.165) is 10.5 Å². The maximum Gasteiger partial charge on any atom is 0.338 e. The Morgan fingerprint density at radius 2 is 1.62 bits per heavy atom. The highest BCUT2D eigenvalue weighted by atomic mass is 16.5. The van der Waals surface area contributed by atoms with Crippen molar-refractivity contribution in [3.8, 4) is 0 Å². The van der Waals surface area contributed by atoms with Crippen LogP contribution in [0.15, 0.2) is 54.6 Å². The van der Waals surface area contributed by atoms with Crippen LogP contribution in [0.4, 0.5) is 5.69 Å². The average Bonchev–Trinajstić information content (AvgIpc) is 3.06. The smallest absolute Gasteiger partial charge is 0.338 e. The van der Waals surface area contributed by atoms with Gasteiger partial charge in [-0.3, -0.25) is 19.3 Å². The van der Waals surface area contributed by atoms with Crippen molar-refractivity contribution in [2.24, 2.45) is 0 Å². The van der Waals surface area contributed by atoms with Gasteiger partial charge in [-0.1, -0.05) is 30.3 Å². The van der Waals surface area contributed by atoms with Gasteiger partial charge in [0.15, 0.2) is 6.10 Å². The van der Waals surface area contributed by atoms with Crippen molar-refractivity contribution in [1.29, 1.82) is 0 Å². The van der Waals surface area contributed by atoms with Gasteiger partial charge >= 0.3 is 5.97 Å². The zero-order chi connectivity index (χ0) is 20.8. The summed E-state index contributed by atoms with van der Waals surface area (Å²) in [6.45, 7) is 1.95. The van der Waals surface area contributed by atoms with Crippen LogP contribution in [-0.4, -0.2) is 36.3 Å². The second-order valence-corrected chi connectivity index (χ2v) is 6.74. The number of hydrogen-bond donors (Lipinski definition) is 1.